The Bertz CT molecular complexity index is 140. The zero-order valence-electron chi connectivity index (χ0n) is 11.4. The van der Waals surface area contributed by atoms with E-state index in [0.29, 0.717) is 26.4 Å². The average molecular weight is 249 g/mol. The van der Waals surface area contributed by atoms with Gasteiger partial charge in [0.05, 0.1) is 32.5 Å². The van der Waals surface area contributed by atoms with Crippen LogP contribution in [-0.4, -0.2) is 66.4 Å². The minimum Gasteiger partial charge on any atom is -0.383 e. The molecule has 0 saturated heterocycles. The molecule has 0 amide bonds. The molecule has 0 fully saturated rings. The van der Waals surface area contributed by atoms with E-state index in [0.717, 1.165) is 26.2 Å². The molecule has 0 spiro atoms. The molecular weight excluding hydrogens is 222 g/mol. The summed E-state index contributed by atoms with van der Waals surface area (Å²) in [6.07, 6.45) is 0.912. The van der Waals surface area contributed by atoms with Crippen LogP contribution in [-0.2, 0) is 18.9 Å². The predicted molar refractivity (Wildman–Crippen MR) is 67.5 cm³/mol. The number of hydrogen-bond acceptors (Lipinski definition) is 5. The smallest absolute Gasteiger partial charge is 0.0700 e. The van der Waals surface area contributed by atoms with Crippen LogP contribution in [0.4, 0.5) is 0 Å². The fourth-order valence-corrected chi connectivity index (χ4v) is 1.39. The minimum absolute atomic E-state index is 0.277. The van der Waals surface area contributed by atoms with Gasteiger partial charge < -0.3 is 24.3 Å². The summed E-state index contributed by atoms with van der Waals surface area (Å²) in [7, 11) is 3.37. The number of methoxy groups -OCH3 is 2. The van der Waals surface area contributed by atoms with Gasteiger partial charge in [0.15, 0.2) is 0 Å². The van der Waals surface area contributed by atoms with Gasteiger partial charge in [-0.3, -0.25) is 0 Å². The second kappa shape index (κ2) is 13.9. The lowest BCUT2D eigenvalue weighted by molar-refractivity contribution is 0.0400. The van der Waals surface area contributed by atoms with E-state index in [-0.39, 0.29) is 6.04 Å². The predicted octanol–water partition coefficient (Wildman–Crippen LogP) is 0.681. The van der Waals surface area contributed by atoms with Crippen molar-refractivity contribution in [3.8, 4) is 0 Å². The van der Waals surface area contributed by atoms with E-state index in [2.05, 4.69) is 12.2 Å². The Labute approximate surface area is 105 Å². The third-order valence-electron chi connectivity index (χ3n) is 2.19. The summed E-state index contributed by atoms with van der Waals surface area (Å²) >= 11 is 0. The largest absolute Gasteiger partial charge is 0.383 e. The molecule has 0 aliphatic carbocycles. The lowest BCUT2D eigenvalue weighted by Gasteiger charge is -2.16. The Hall–Kier alpha value is -0.200. The molecule has 0 aliphatic rings. The fraction of sp³-hybridized carbons (Fsp3) is 1.00. The monoisotopic (exact) mass is 249 g/mol. The van der Waals surface area contributed by atoms with E-state index < -0.39 is 0 Å². The van der Waals surface area contributed by atoms with Crippen LogP contribution in [0, 0.1) is 0 Å². The summed E-state index contributed by atoms with van der Waals surface area (Å²) in [5.41, 5.74) is 0. The van der Waals surface area contributed by atoms with Crippen LogP contribution in [0.25, 0.3) is 0 Å². The second-order valence-corrected chi connectivity index (χ2v) is 3.74. The van der Waals surface area contributed by atoms with Gasteiger partial charge in [-0.25, -0.2) is 0 Å². The molecule has 104 valence electrons. The van der Waals surface area contributed by atoms with E-state index in [4.69, 9.17) is 18.9 Å². The second-order valence-electron chi connectivity index (χ2n) is 3.74. The third-order valence-corrected chi connectivity index (χ3v) is 2.19. The van der Waals surface area contributed by atoms with Gasteiger partial charge in [-0.15, -0.1) is 0 Å². The number of nitrogens with one attached hydrogen (secondary N) is 1. The van der Waals surface area contributed by atoms with E-state index in [1.807, 2.05) is 0 Å². The molecule has 0 bridgehead atoms. The van der Waals surface area contributed by atoms with Crippen LogP contribution in [0.3, 0.4) is 0 Å². The summed E-state index contributed by atoms with van der Waals surface area (Å²) in [5, 5.41) is 3.30. The minimum atomic E-state index is 0.277. The zero-order valence-corrected chi connectivity index (χ0v) is 11.4. The number of rotatable bonds is 13. The molecule has 0 aromatic carbocycles. The van der Waals surface area contributed by atoms with Gasteiger partial charge in [0.1, 0.15) is 0 Å². The molecule has 1 atom stereocenters. The van der Waals surface area contributed by atoms with Crippen molar-refractivity contribution >= 4 is 0 Å². The highest BCUT2D eigenvalue weighted by molar-refractivity contribution is 4.63. The molecule has 0 radical (unpaired) electrons. The van der Waals surface area contributed by atoms with Crippen molar-refractivity contribution in [1.29, 1.82) is 0 Å². The summed E-state index contributed by atoms with van der Waals surface area (Å²) < 4.78 is 20.9. The summed E-state index contributed by atoms with van der Waals surface area (Å²) in [5.74, 6) is 0. The summed E-state index contributed by atoms with van der Waals surface area (Å²) in [6.45, 7) is 7.11. The first-order valence-electron chi connectivity index (χ1n) is 6.21. The zero-order chi connectivity index (χ0) is 12.8. The van der Waals surface area contributed by atoms with Gasteiger partial charge >= 0.3 is 0 Å². The molecule has 5 nitrogen and oxygen atoms in total. The van der Waals surface area contributed by atoms with Crippen molar-refractivity contribution in [2.45, 2.75) is 19.4 Å². The first kappa shape index (κ1) is 16.8. The SMILES string of the molecule is CCNC(COC)COCCCOCCOC. The summed E-state index contributed by atoms with van der Waals surface area (Å²) in [4.78, 5) is 0. The third kappa shape index (κ3) is 12.1. The van der Waals surface area contributed by atoms with Crippen LogP contribution in [0.1, 0.15) is 13.3 Å². The van der Waals surface area contributed by atoms with Crippen molar-refractivity contribution in [2.24, 2.45) is 0 Å². The van der Waals surface area contributed by atoms with Gasteiger partial charge in [-0.1, -0.05) is 6.92 Å². The highest BCUT2D eigenvalue weighted by Gasteiger charge is 2.05. The van der Waals surface area contributed by atoms with Crippen molar-refractivity contribution in [3.05, 3.63) is 0 Å². The fourth-order valence-electron chi connectivity index (χ4n) is 1.39. The standard InChI is InChI=1S/C12H27NO4/c1-4-13-12(10-15-3)11-17-7-5-6-16-9-8-14-2/h12-13H,4-11H2,1-3H3. The lowest BCUT2D eigenvalue weighted by atomic mass is 10.3. The molecule has 0 rings (SSSR count). The first-order valence-corrected chi connectivity index (χ1v) is 6.21. The molecular formula is C12H27NO4. The highest BCUT2D eigenvalue weighted by Crippen LogP contribution is 1.90. The van der Waals surface area contributed by atoms with Crippen molar-refractivity contribution < 1.29 is 18.9 Å². The Morgan fingerprint density at radius 3 is 2.29 bits per heavy atom. The Morgan fingerprint density at radius 1 is 0.882 bits per heavy atom. The van der Waals surface area contributed by atoms with Crippen LogP contribution in [0.15, 0.2) is 0 Å². The molecule has 0 heterocycles. The van der Waals surface area contributed by atoms with Gasteiger partial charge in [-0.05, 0) is 13.0 Å². The van der Waals surface area contributed by atoms with Crippen molar-refractivity contribution in [3.63, 3.8) is 0 Å². The van der Waals surface area contributed by atoms with Crippen LogP contribution >= 0.6 is 0 Å². The number of ether oxygens (including phenoxy) is 4. The molecule has 1 N–H and O–H groups in total. The average Bonchev–Trinajstić information content (AvgIpc) is 2.33. The Balaban J connectivity index is 3.23. The molecule has 0 aromatic heterocycles. The van der Waals surface area contributed by atoms with Crippen LogP contribution in [0.5, 0.6) is 0 Å². The molecule has 5 heteroatoms. The molecule has 17 heavy (non-hydrogen) atoms. The van der Waals surface area contributed by atoms with Crippen LogP contribution < -0.4 is 5.32 Å². The normalized spacial score (nSPS) is 12.9. The maximum atomic E-state index is 5.55. The maximum Gasteiger partial charge on any atom is 0.0700 e. The van der Waals surface area contributed by atoms with E-state index in [1.54, 1.807) is 14.2 Å². The first-order chi connectivity index (χ1) is 8.35. The summed E-state index contributed by atoms with van der Waals surface area (Å²) in [6, 6.07) is 0.277. The van der Waals surface area contributed by atoms with E-state index in [9.17, 15) is 0 Å². The van der Waals surface area contributed by atoms with Crippen LogP contribution in [0.2, 0.25) is 0 Å². The Morgan fingerprint density at radius 2 is 1.65 bits per heavy atom. The van der Waals surface area contributed by atoms with E-state index >= 15 is 0 Å². The maximum absolute atomic E-state index is 5.55. The number of likely N-dealkylation sites (N-methyl/N-ethyl adjacent to an activating group) is 1. The highest BCUT2D eigenvalue weighted by atomic mass is 16.5. The molecule has 0 aromatic rings. The Kier molecular flexibility index (Phi) is 13.7. The van der Waals surface area contributed by atoms with Crippen molar-refractivity contribution in [2.75, 3.05) is 60.4 Å². The molecule has 1 unspecified atom stereocenters. The quantitative estimate of drug-likeness (QED) is 0.486. The van der Waals surface area contributed by atoms with Gasteiger partial charge in [-0.2, -0.15) is 0 Å². The molecule has 0 saturated carbocycles. The lowest BCUT2D eigenvalue weighted by Crippen LogP contribution is -2.37. The topological polar surface area (TPSA) is 49.0 Å². The van der Waals surface area contributed by atoms with Crippen molar-refractivity contribution in [1.82, 2.24) is 5.32 Å². The number of hydrogen-bond donors (Lipinski definition) is 1. The van der Waals surface area contributed by atoms with Gasteiger partial charge in [0.2, 0.25) is 0 Å². The molecule has 0 aliphatic heterocycles. The van der Waals surface area contributed by atoms with Gasteiger partial charge in [0.25, 0.3) is 0 Å². The van der Waals surface area contributed by atoms with Gasteiger partial charge in [0, 0.05) is 27.4 Å². The van der Waals surface area contributed by atoms with E-state index in [1.165, 1.54) is 0 Å².